The normalized spacial score (nSPS) is 23.4. The van der Waals surface area contributed by atoms with Crippen molar-refractivity contribution < 1.29 is 9.53 Å². The van der Waals surface area contributed by atoms with Crippen molar-refractivity contribution >= 4 is 5.78 Å². The first kappa shape index (κ1) is 11.4. The molecule has 1 rings (SSSR count). The average molecular weight is 197 g/mol. The standard InChI is InChI=1S/C11H19NO2/c1-2-4-10(12)11(13)7-6-9-5-3-8-14-9/h2,9-10H,1,3-8,12H2. The lowest BCUT2D eigenvalue weighted by atomic mass is 10.0. The highest BCUT2D eigenvalue weighted by Gasteiger charge is 2.18. The van der Waals surface area contributed by atoms with Crippen LogP contribution in [0.4, 0.5) is 0 Å². The Morgan fingerprint density at radius 1 is 1.71 bits per heavy atom. The topological polar surface area (TPSA) is 52.3 Å². The van der Waals surface area contributed by atoms with Crippen LogP contribution in [-0.4, -0.2) is 24.5 Å². The number of carbonyl (C=O) groups excluding carboxylic acids is 1. The van der Waals surface area contributed by atoms with Gasteiger partial charge in [-0.2, -0.15) is 0 Å². The number of hydrogen-bond donors (Lipinski definition) is 1. The number of rotatable bonds is 6. The summed E-state index contributed by atoms with van der Waals surface area (Å²) in [4.78, 5) is 11.5. The Balaban J connectivity index is 2.16. The fourth-order valence-electron chi connectivity index (χ4n) is 1.67. The molecule has 0 amide bonds. The number of ether oxygens (including phenoxy) is 1. The molecule has 3 nitrogen and oxygen atoms in total. The van der Waals surface area contributed by atoms with E-state index in [0.717, 1.165) is 25.9 Å². The van der Waals surface area contributed by atoms with Crippen molar-refractivity contribution in [2.75, 3.05) is 6.61 Å². The van der Waals surface area contributed by atoms with Crippen LogP contribution in [-0.2, 0) is 9.53 Å². The van der Waals surface area contributed by atoms with Gasteiger partial charge in [-0.15, -0.1) is 6.58 Å². The first-order chi connectivity index (χ1) is 6.74. The van der Waals surface area contributed by atoms with Crippen molar-refractivity contribution in [3.05, 3.63) is 12.7 Å². The summed E-state index contributed by atoms with van der Waals surface area (Å²) in [6.07, 6.45) is 6.12. The maximum absolute atomic E-state index is 11.5. The third-order valence-electron chi connectivity index (χ3n) is 2.57. The van der Waals surface area contributed by atoms with Crippen molar-refractivity contribution in [3.8, 4) is 0 Å². The SMILES string of the molecule is C=CCC(N)C(=O)CCC1CCCO1. The van der Waals surface area contributed by atoms with Gasteiger partial charge >= 0.3 is 0 Å². The zero-order chi connectivity index (χ0) is 10.4. The number of hydrogen-bond acceptors (Lipinski definition) is 3. The van der Waals surface area contributed by atoms with E-state index in [-0.39, 0.29) is 17.9 Å². The summed E-state index contributed by atoms with van der Waals surface area (Å²) in [6, 6.07) is -0.367. The molecule has 1 fully saturated rings. The van der Waals surface area contributed by atoms with Crippen LogP contribution in [0.5, 0.6) is 0 Å². The van der Waals surface area contributed by atoms with E-state index >= 15 is 0 Å². The molecule has 0 aliphatic carbocycles. The molecule has 0 aromatic carbocycles. The minimum Gasteiger partial charge on any atom is -0.378 e. The van der Waals surface area contributed by atoms with E-state index in [1.54, 1.807) is 6.08 Å². The maximum atomic E-state index is 11.5. The van der Waals surface area contributed by atoms with E-state index in [0.29, 0.717) is 12.8 Å². The van der Waals surface area contributed by atoms with Crippen molar-refractivity contribution in [1.82, 2.24) is 0 Å². The first-order valence-corrected chi connectivity index (χ1v) is 5.25. The summed E-state index contributed by atoms with van der Waals surface area (Å²) in [6.45, 7) is 4.41. The number of ketones is 1. The Hall–Kier alpha value is -0.670. The highest BCUT2D eigenvalue weighted by Crippen LogP contribution is 2.17. The maximum Gasteiger partial charge on any atom is 0.149 e. The molecule has 2 atom stereocenters. The Morgan fingerprint density at radius 2 is 2.50 bits per heavy atom. The van der Waals surface area contributed by atoms with Crippen molar-refractivity contribution in [1.29, 1.82) is 0 Å². The Morgan fingerprint density at radius 3 is 3.07 bits per heavy atom. The van der Waals surface area contributed by atoms with Gasteiger partial charge in [0.25, 0.3) is 0 Å². The second-order valence-corrected chi connectivity index (χ2v) is 3.77. The molecule has 14 heavy (non-hydrogen) atoms. The van der Waals surface area contributed by atoms with Crippen LogP contribution < -0.4 is 5.73 Å². The van der Waals surface area contributed by atoms with Crippen molar-refractivity contribution in [2.24, 2.45) is 5.73 Å². The summed E-state index contributed by atoms with van der Waals surface area (Å²) in [5, 5.41) is 0. The molecule has 0 radical (unpaired) electrons. The molecule has 1 aliphatic rings. The third-order valence-corrected chi connectivity index (χ3v) is 2.57. The highest BCUT2D eigenvalue weighted by atomic mass is 16.5. The second kappa shape index (κ2) is 5.94. The fourth-order valence-corrected chi connectivity index (χ4v) is 1.67. The highest BCUT2D eigenvalue weighted by molar-refractivity contribution is 5.83. The molecule has 1 saturated heterocycles. The van der Waals surface area contributed by atoms with E-state index in [2.05, 4.69) is 6.58 Å². The van der Waals surface area contributed by atoms with Crippen molar-refractivity contribution in [3.63, 3.8) is 0 Å². The van der Waals surface area contributed by atoms with E-state index in [9.17, 15) is 4.79 Å². The molecule has 0 aromatic heterocycles. The zero-order valence-corrected chi connectivity index (χ0v) is 8.58. The molecular weight excluding hydrogens is 178 g/mol. The molecule has 0 saturated carbocycles. The third kappa shape index (κ3) is 3.60. The number of Topliss-reactive ketones (excluding diaryl/α,β-unsaturated/α-hetero) is 1. The average Bonchev–Trinajstić information content (AvgIpc) is 2.67. The summed E-state index contributed by atoms with van der Waals surface area (Å²) >= 11 is 0. The lowest BCUT2D eigenvalue weighted by Crippen LogP contribution is -2.30. The van der Waals surface area contributed by atoms with Crippen LogP contribution in [0.25, 0.3) is 0 Å². The van der Waals surface area contributed by atoms with Gasteiger partial charge < -0.3 is 10.5 Å². The minimum atomic E-state index is -0.367. The van der Waals surface area contributed by atoms with E-state index in [1.165, 1.54) is 0 Å². The van der Waals surface area contributed by atoms with Crippen LogP contribution in [0.3, 0.4) is 0 Å². The van der Waals surface area contributed by atoms with Gasteiger partial charge in [0.1, 0.15) is 5.78 Å². The first-order valence-electron chi connectivity index (χ1n) is 5.25. The van der Waals surface area contributed by atoms with Gasteiger partial charge in [0.15, 0.2) is 0 Å². The summed E-state index contributed by atoms with van der Waals surface area (Å²) < 4.78 is 5.43. The Kier molecular flexibility index (Phi) is 4.84. The van der Waals surface area contributed by atoms with Crippen LogP contribution in [0, 0.1) is 0 Å². The summed E-state index contributed by atoms with van der Waals surface area (Å²) in [7, 11) is 0. The van der Waals surface area contributed by atoms with E-state index in [1.807, 2.05) is 0 Å². The van der Waals surface area contributed by atoms with Gasteiger partial charge in [0.05, 0.1) is 12.1 Å². The van der Waals surface area contributed by atoms with Gasteiger partial charge in [-0.05, 0) is 25.7 Å². The molecule has 1 heterocycles. The quantitative estimate of drug-likeness (QED) is 0.655. The lowest BCUT2D eigenvalue weighted by Gasteiger charge is -2.11. The fraction of sp³-hybridized carbons (Fsp3) is 0.727. The molecule has 2 unspecified atom stereocenters. The van der Waals surface area contributed by atoms with Gasteiger partial charge in [0, 0.05) is 13.0 Å². The minimum absolute atomic E-state index is 0.125. The van der Waals surface area contributed by atoms with Gasteiger partial charge in [-0.1, -0.05) is 6.08 Å². The van der Waals surface area contributed by atoms with Crippen LogP contribution in [0.2, 0.25) is 0 Å². The van der Waals surface area contributed by atoms with E-state index < -0.39 is 0 Å². The molecule has 1 aliphatic heterocycles. The molecule has 2 N–H and O–H groups in total. The molecule has 80 valence electrons. The molecule has 0 spiro atoms. The zero-order valence-electron chi connectivity index (χ0n) is 8.58. The number of carbonyl (C=O) groups is 1. The molecular formula is C11H19NO2. The smallest absolute Gasteiger partial charge is 0.149 e. The van der Waals surface area contributed by atoms with Crippen LogP contribution in [0.15, 0.2) is 12.7 Å². The monoisotopic (exact) mass is 197 g/mol. The van der Waals surface area contributed by atoms with Crippen molar-refractivity contribution in [2.45, 2.75) is 44.2 Å². The van der Waals surface area contributed by atoms with Gasteiger partial charge in [-0.25, -0.2) is 0 Å². The Labute approximate surface area is 85.3 Å². The summed E-state index contributed by atoms with van der Waals surface area (Å²) in [5.41, 5.74) is 5.65. The molecule has 0 bridgehead atoms. The van der Waals surface area contributed by atoms with E-state index in [4.69, 9.17) is 10.5 Å². The second-order valence-electron chi connectivity index (χ2n) is 3.77. The molecule has 3 heteroatoms. The largest absolute Gasteiger partial charge is 0.378 e. The van der Waals surface area contributed by atoms with Crippen LogP contribution in [0.1, 0.15) is 32.1 Å². The van der Waals surface area contributed by atoms with Gasteiger partial charge in [0.2, 0.25) is 0 Å². The predicted molar refractivity (Wildman–Crippen MR) is 56.0 cm³/mol. The molecule has 0 aromatic rings. The predicted octanol–water partition coefficient (Wildman–Crippen LogP) is 1.42. The summed E-state index contributed by atoms with van der Waals surface area (Å²) in [5.74, 6) is 0.125. The Bertz CT molecular complexity index is 197. The number of nitrogens with two attached hydrogens (primary N) is 1. The lowest BCUT2D eigenvalue weighted by molar-refractivity contribution is -0.120. The van der Waals surface area contributed by atoms with Crippen LogP contribution >= 0.6 is 0 Å². The van der Waals surface area contributed by atoms with Gasteiger partial charge in [-0.3, -0.25) is 4.79 Å².